The van der Waals surface area contributed by atoms with E-state index in [4.69, 9.17) is 24.3 Å². The number of esters is 1. The lowest BCUT2D eigenvalue weighted by Gasteiger charge is -2.20. The molecule has 0 aromatic heterocycles. The van der Waals surface area contributed by atoms with Crippen molar-refractivity contribution in [2.45, 2.75) is 302 Å². The first-order valence-corrected chi connectivity index (χ1v) is 29.7. The van der Waals surface area contributed by atoms with E-state index < -0.39 is 13.9 Å². The second-order valence-electron chi connectivity index (χ2n) is 19.2. The standard InChI is InChI=1S/C55H110NO7P/c1-3-5-7-9-11-13-15-17-19-21-23-25-27-28-30-32-34-36-38-40-42-44-46-48-55(57)63-54(53-62-64(58,59)61-51-49-56)52-60-50-47-45-43-41-39-37-35-33-31-29-26-24-22-20-18-16-14-12-10-8-6-4-2/h21,23,54H,3-20,22,24-53,56H2,1-2H3,(H,58,59)/b23-21-. The van der Waals surface area contributed by atoms with Crippen molar-refractivity contribution in [3.05, 3.63) is 12.2 Å². The van der Waals surface area contributed by atoms with Crippen LogP contribution >= 0.6 is 7.82 Å². The average Bonchev–Trinajstić information content (AvgIpc) is 3.29. The molecule has 0 saturated heterocycles. The van der Waals surface area contributed by atoms with Crippen molar-refractivity contribution in [3.63, 3.8) is 0 Å². The lowest BCUT2D eigenvalue weighted by Crippen LogP contribution is -2.28. The van der Waals surface area contributed by atoms with Crippen molar-refractivity contribution < 1.29 is 32.8 Å². The minimum atomic E-state index is -4.28. The van der Waals surface area contributed by atoms with Crippen LogP contribution in [0.25, 0.3) is 0 Å². The number of nitrogens with two attached hydrogens (primary N) is 1. The van der Waals surface area contributed by atoms with Crippen LogP contribution in [0.3, 0.4) is 0 Å². The van der Waals surface area contributed by atoms with Crippen molar-refractivity contribution >= 4 is 13.8 Å². The summed E-state index contributed by atoms with van der Waals surface area (Å²) in [6, 6.07) is 0. The van der Waals surface area contributed by atoms with Crippen LogP contribution < -0.4 is 5.73 Å². The zero-order valence-corrected chi connectivity index (χ0v) is 43.7. The minimum absolute atomic E-state index is 0.0915. The van der Waals surface area contributed by atoms with Crippen LogP contribution in [-0.4, -0.2) is 49.9 Å². The fourth-order valence-electron chi connectivity index (χ4n) is 8.53. The topological polar surface area (TPSA) is 117 Å². The van der Waals surface area contributed by atoms with Gasteiger partial charge in [-0.05, 0) is 38.5 Å². The molecule has 0 aliphatic rings. The molecule has 0 aliphatic carbocycles. The second-order valence-corrected chi connectivity index (χ2v) is 20.6. The van der Waals surface area contributed by atoms with Gasteiger partial charge in [0.15, 0.2) is 0 Å². The maximum absolute atomic E-state index is 12.7. The number of unbranched alkanes of at least 4 members (excludes halogenated alkanes) is 40. The van der Waals surface area contributed by atoms with Crippen molar-refractivity contribution in [2.75, 3.05) is 33.0 Å². The number of hydrogen-bond acceptors (Lipinski definition) is 7. The summed E-state index contributed by atoms with van der Waals surface area (Å²) in [5, 5.41) is 0. The highest BCUT2D eigenvalue weighted by Crippen LogP contribution is 2.43. The number of phosphoric acid groups is 1. The number of hydrogen-bond donors (Lipinski definition) is 2. The predicted octanol–water partition coefficient (Wildman–Crippen LogP) is 17.8. The van der Waals surface area contributed by atoms with Gasteiger partial charge in [0.2, 0.25) is 0 Å². The van der Waals surface area contributed by atoms with Gasteiger partial charge in [0, 0.05) is 19.6 Å². The van der Waals surface area contributed by atoms with E-state index in [1.807, 2.05) is 0 Å². The van der Waals surface area contributed by atoms with Gasteiger partial charge in [-0.25, -0.2) is 4.57 Å². The molecule has 0 rings (SSSR count). The van der Waals surface area contributed by atoms with Gasteiger partial charge in [-0.1, -0.05) is 264 Å². The zero-order valence-electron chi connectivity index (χ0n) is 42.8. The first-order valence-electron chi connectivity index (χ1n) is 28.2. The molecule has 0 aromatic rings. The Kier molecular flexibility index (Phi) is 52.6. The van der Waals surface area contributed by atoms with E-state index in [-0.39, 0.29) is 32.3 Å². The summed E-state index contributed by atoms with van der Waals surface area (Å²) in [6.45, 7) is 5.00. The Labute approximate surface area is 398 Å². The molecule has 2 atom stereocenters. The van der Waals surface area contributed by atoms with Crippen LogP contribution in [0.2, 0.25) is 0 Å². The smallest absolute Gasteiger partial charge is 0.457 e. The summed E-state index contributed by atoms with van der Waals surface area (Å²) >= 11 is 0. The molecule has 0 bridgehead atoms. The summed E-state index contributed by atoms with van der Waals surface area (Å²) in [7, 11) is -4.28. The summed E-state index contributed by atoms with van der Waals surface area (Å²) < 4.78 is 33.7. The van der Waals surface area contributed by atoms with E-state index in [2.05, 4.69) is 26.0 Å². The van der Waals surface area contributed by atoms with Crippen LogP contribution in [0.5, 0.6) is 0 Å². The summed E-state index contributed by atoms with van der Waals surface area (Å²) in [6.07, 6.45) is 61.2. The molecular formula is C55H110NO7P. The number of rotatable bonds is 55. The monoisotopic (exact) mass is 928 g/mol. The summed E-state index contributed by atoms with van der Waals surface area (Å²) in [5.74, 6) is -0.323. The van der Waals surface area contributed by atoms with Gasteiger partial charge in [0.1, 0.15) is 6.10 Å². The van der Waals surface area contributed by atoms with Crippen LogP contribution in [0.1, 0.15) is 296 Å². The Hall–Kier alpha value is -0.760. The van der Waals surface area contributed by atoms with Gasteiger partial charge in [0.25, 0.3) is 0 Å². The minimum Gasteiger partial charge on any atom is -0.457 e. The number of allylic oxidation sites excluding steroid dienone is 2. The molecule has 0 heterocycles. The van der Waals surface area contributed by atoms with Crippen LogP contribution in [-0.2, 0) is 27.9 Å². The van der Waals surface area contributed by atoms with Gasteiger partial charge in [0.05, 0.1) is 19.8 Å². The first kappa shape index (κ1) is 63.2. The molecule has 0 aromatic carbocycles. The van der Waals surface area contributed by atoms with Gasteiger partial charge >= 0.3 is 13.8 Å². The van der Waals surface area contributed by atoms with Crippen LogP contribution in [0.4, 0.5) is 0 Å². The fourth-order valence-corrected chi connectivity index (χ4v) is 9.29. The molecule has 0 radical (unpaired) electrons. The number of carbonyl (C=O) groups excluding carboxylic acids is 1. The van der Waals surface area contributed by atoms with Crippen molar-refractivity contribution in [1.82, 2.24) is 0 Å². The highest BCUT2D eigenvalue weighted by atomic mass is 31.2. The molecule has 0 spiro atoms. The quantitative estimate of drug-likeness (QED) is 0.0268. The Morgan fingerprint density at radius 1 is 0.453 bits per heavy atom. The molecule has 0 aliphatic heterocycles. The highest BCUT2D eigenvalue weighted by Gasteiger charge is 2.25. The lowest BCUT2D eigenvalue weighted by molar-refractivity contribution is -0.154. The summed E-state index contributed by atoms with van der Waals surface area (Å²) in [5.41, 5.74) is 5.40. The maximum Gasteiger partial charge on any atom is 0.472 e. The average molecular weight is 928 g/mol. The Bertz CT molecular complexity index is 997. The van der Waals surface area contributed by atoms with Crippen molar-refractivity contribution in [3.8, 4) is 0 Å². The third-order valence-corrected chi connectivity index (χ3v) is 13.7. The zero-order chi connectivity index (χ0) is 46.5. The van der Waals surface area contributed by atoms with E-state index >= 15 is 0 Å². The first-order chi connectivity index (χ1) is 31.4. The Morgan fingerprint density at radius 3 is 1.14 bits per heavy atom. The third kappa shape index (κ3) is 52.2. The van der Waals surface area contributed by atoms with E-state index in [1.54, 1.807) is 0 Å². The molecule has 0 saturated carbocycles. The van der Waals surface area contributed by atoms with E-state index in [0.717, 1.165) is 32.1 Å². The third-order valence-electron chi connectivity index (χ3n) is 12.7. The molecular weight excluding hydrogens is 818 g/mol. The molecule has 3 N–H and O–H groups in total. The highest BCUT2D eigenvalue weighted by molar-refractivity contribution is 7.47. The second kappa shape index (κ2) is 53.2. The van der Waals surface area contributed by atoms with Crippen molar-refractivity contribution in [2.24, 2.45) is 5.73 Å². The molecule has 2 unspecified atom stereocenters. The molecule has 64 heavy (non-hydrogen) atoms. The number of carbonyl (C=O) groups is 1. The largest absolute Gasteiger partial charge is 0.472 e. The SMILES string of the molecule is CCCCCCCCCC/C=C\CCCCCCCCCCCCCC(=O)OC(COCCCCCCCCCCCCCCCCCCCCCCCC)COP(=O)(O)OCCN. The van der Waals surface area contributed by atoms with Gasteiger partial charge in [-0.3, -0.25) is 13.8 Å². The fraction of sp³-hybridized carbons (Fsp3) is 0.945. The lowest BCUT2D eigenvalue weighted by atomic mass is 10.0. The molecule has 0 fully saturated rings. The molecule has 9 heteroatoms. The van der Waals surface area contributed by atoms with E-state index in [9.17, 15) is 14.3 Å². The van der Waals surface area contributed by atoms with Gasteiger partial charge in [-0.15, -0.1) is 0 Å². The molecule has 8 nitrogen and oxygen atoms in total. The Morgan fingerprint density at radius 2 is 0.781 bits per heavy atom. The van der Waals surface area contributed by atoms with E-state index in [0.29, 0.717) is 13.0 Å². The predicted molar refractivity (Wildman–Crippen MR) is 275 cm³/mol. The number of ether oxygens (including phenoxy) is 2. The molecule has 0 amide bonds. The van der Waals surface area contributed by atoms with Gasteiger partial charge < -0.3 is 20.1 Å². The van der Waals surface area contributed by atoms with Crippen LogP contribution in [0, 0.1) is 0 Å². The summed E-state index contributed by atoms with van der Waals surface area (Å²) in [4.78, 5) is 22.6. The van der Waals surface area contributed by atoms with Crippen molar-refractivity contribution in [1.29, 1.82) is 0 Å². The van der Waals surface area contributed by atoms with Gasteiger partial charge in [-0.2, -0.15) is 0 Å². The normalized spacial score (nSPS) is 13.2. The molecule has 382 valence electrons. The maximum atomic E-state index is 12.7. The number of phosphoric ester groups is 1. The van der Waals surface area contributed by atoms with Crippen LogP contribution in [0.15, 0.2) is 12.2 Å². The Balaban J connectivity index is 3.85. The van der Waals surface area contributed by atoms with E-state index in [1.165, 1.54) is 244 Å².